The largest absolute Gasteiger partial charge is 0.496 e. The second-order valence-corrected chi connectivity index (χ2v) is 6.87. The molecule has 2 aromatic rings. The third-order valence-electron chi connectivity index (χ3n) is 4.34. The van der Waals surface area contributed by atoms with Crippen molar-refractivity contribution in [2.75, 3.05) is 12.8 Å². The van der Waals surface area contributed by atoms with Crippen LogP contribution in [0.5, 0.6) is 11.5 Å². The van der Waals surface area contributed by atoms with E-state index in [-0.39, 0.29) is 17.2 Å². The van der Waals surface area contributed by atoms with Gasteiger partial charge >= 0.3 is 0 Å². The number of carbonyl (C=O) groups excluding carboxylic acids is 1. The third-order valence-corrected chi connectivity index (χ3v) is 4.34. The fraction of sp³-hybridized carbons (Fsp3) is 0.190. The molecule has 0 saturated heterocycles. The van der Waals surface area contributed by atoms with Crippen LogP contribution in [0.3, 0.4) is 0 Å². The monoisotopic (exact) mass is 380 g/mol. The summed E-state index contributed by atoms with van der Waals surface area (Å²) in [5, 5.41) is 11.0. The van der Waals surface area contributed by atoms with Crippen LogP contribution < -0.4 is 15.2 Å². The summed E-state index contributed by atoms with van der Waals surface area (Å²) in [7, 11) is 1.55. The second kappa shape index (κ2) is 7.19. The van der Waals surface area contributed by atoms with Gasteiger partial charge in [-0.1, -0.05) is 12.1 Å². The minimum atomic E-state index is -0.560. The molecule has 1 aliphatic heterocycles. The van der Waals surface area contributed by atoms with E-state index in [0.29, 0.717) is 28.2 Å². The Morgan fingerprint density at radius 1 is 1.29 bits per heavy atom. The number of hydrogen-bond acceptors (Lipinski definition) is 6. The van der Waals surface area contributed by atoms with Crippen molar-refractivity contribution in [3.8, 4) is 11.5 Å². The molecule has 7 heteroatoms. The van der Waals surface area contributed by atoms with Gasteiger partial charge in [-0.2, -0.15) is 0 Å². The van der Waals surface area contributed by atoms with Gasteiger partial charge in [0, 0.05) is 6.07 Å². The summed E-state index contributed by atoms with van der Waals surface area (Å²) in [6.07, 6.45) is 6.64. The number of nitro benzene ring substituents is 1. The SMILES string of the molecule is COc1ccc(C(=O)/C=C/c2ccc(N)c([N+](=O)[O-])c2)c2c1C=CC(C)(C)O2. The molecule has 0 saturated carbocycles. The fourth-order valence-corrected chi connectivity index (χ4v) is 2.89. The second-order valence-electron chi connectivity index (χ2n) is 6.87. The van der Waals surface area contributed by atoms with Gasteiger partial charge in [0.05, 0.1) is 23.2 Å². The molecule has 2 aromatic carbocycles. The maximum atomic E-state index is 12.8. The van der Waals surface area contributed by atoms with Crippen molar-refractivity contribution >= 4 is 29.3 Å². The maximum Gasteiger partial charge on any atom is 0.292 e. The van der Waals surface area contributed by atoms with Gasteiger partial charge in [-0.25, -0.2) is 0 Å². The molecule has 0 spiro atoms. The number of anilines is 1. The van der Waals surface area contributed by atoms with E-state index in [9.17, 15) is 14.9 Å². The molecule has 0 radical (unpaired) electrons. The molecule has 1 aliphatic rings. The van der Waals surface area contributed by atoms with Crippen LogP contribution in [0.15, 0.2) is 42.5 Å². The average Bonchev–Trinajstić information content (AvgIpc) is 2.65. The van der Waals surface area contributed by atoms with E-state index in [1.165, 1.54) is 24.3 Å². The number of nitrogens with zero attached hydrogens (tertiary/aromatic N) is 1. The topological polar surface area (TPSA) is 105 Å². The molecule has 0 unspecified atom stereocenters. The van der Waals surface area contributed by atoms with E-state index in [4.69, 9.17) is 15.2 Å². The number of nitrogen functional groups attached to an aromatic ring is 1. The van der Waals surface area contributed by atoms with Crippen LogP contribution in [0, 0.1) is 10.1 Å². The van der Waals surface area contributed by atoms with Gasteiger partial charge in [-0.3, -0.25) is 14.9 Å². The van der Waals surface area contributed by atoms with E-state index in [1.54, 1.807) is 25.3 Å². The summed E-state index contributed by atoms with van der Waals surface area (Å²) in [5.41, 5.74) is 6.49. The van der Waals surface area contributed by atoms with Crippen LogP contribution in [-0.4, -0.2) is 23.4 Å². The highest BCUT2D eigenvalue weighted by Gasteiger charge is 2.27. The van der Waals surface area contributed by atoms with E-state index in [2.05, 4.69) is 0 Å². The molecule has 28 heavy (non-hydrogen) atoms. The average molecular weight is 380 g/mol. The minimum absolute atomic E-state index is 0.0696. The predicted molar refractivity (Wildman–Crippen MR) is 108 cm³/mol. The van der Waals surface area contributed by atoms with Crippen LogP contribution in [0.1, 0.15) is 35.3 Å². The van der Waals surface area contributed by atoms with E-state index in [1.807, 2.05) is 26.0 Å². The van der Waals surface area contributed by atoms with Gasteiger partial charge in [-0.05, 0) is 55.8 Å². The molecule has 0 fully saturated rings. The molecule has 0 amide bonds. The summed E-state index contributed by atoms with van der Waals surface area (Å²) >= 11 is 0. The molecule has 0 aliphatic carbocycles. The molecular weight excluding hydrogens is 360 g/mol. The first-order chi connectivity index (χ1) is 13.2. The standard InChI is InChI=1S/C21H20N2O5/c1-21(2)11-10-15-19(27-3)9-6-14(20(15)28-21)18(24)8-5-13-4-7-16(22)17(12-13)23(25)26/h4-12H,22H2,1-3H3/b8-5+. The highest BCUT2D eigenvalue weighted by atomic mass is 16.6. The highest BCUT2D eigenvalue weighted by molar-refractivity contribution is 6.09. The molecule has 3 rings (SSSR count). The molecule has 1 heterocycles. The molecule has 7 nitrogen and oxygen atoms in total. The van der Waals surface area contributed by atoms with Crippen LogP contribution in [0.4, 0.5) is 11.4 Å². The van der Waals surface area contributed by atoms with Gasteiger partial charge in [0.25, 0.3) is 5.69 Å². The van der Waals surface area contributed by atoms with Crippen LogP contribution in [-0.2, 0) is 0 Å². The van der Waals surface area contributed by atoms with Gasteiger partial charge in [0.15, 0.2) is 5.78 Å². The van der Waals surface area contributed by atoms with Gasteiger partial charge in [-0.15, -0.1) is 0 Å². The van der Waals surface area contributed by atoms with Crippen molar-refractivity contribution in [3.63, 3.8) is 0 Å². The quantitative estimate of drug-likeness (QED) is 0.273. The number of benzene rings is 2. The Morgan fingerprint density at radius 3 is 2.71 bits per heavy atom. The van der Waals surface area contributed by atoms with E-state index in [0.717, 1.165) is 0 Å². The fourth-order valence-electron chi connectivity index (χ4n) is 2.89. The Kier molecular flexibility index (Phi) is 4.92. The summed E-state index contributed by atoms with van der Waals surface area (Å²) < 4.78 is 11.4. The third kappa shape index (κ3) is 3.73. The number of fused-ring (bicyclic) bond motifs is 1. The maximum absolute atomic E-state index is 12.8. The Bertz CT molecular complexity index is 1020. The molecule has 0 bridgehead atoms. The number of nitro groups is 1. The number of nitrogens with two attached hydrogens (primary N) is 1. The van der Waals surface area contributed by atoms with Gasteiger partial charge in [0.1, 0.15) is 22.8 Å². The van der Waals surface area contributed by atoms with Crippen molar-refractivity contribution in [2.45, 2.75) is 19.4 Å². The zero-order valence-electron chi connectivity index (χ0n) is 15.8. The lowest BCUT2D eigenvalue weighted by atomic mass is 9.97. The van der Waals surface area contributed by atoms with E-state index >= 15 is 0 Å². The van der Waals surface area contributed by atoms with Crippen molar-refractivity contribution < 1.29 is 19.2 Å². The minimum Gasteiger partial charge on any atom is -0.496 e. The molecule has 0 aromatic heterocycles. The zero-order valence-corrected chi connectivity index (χ0v) is 15.8. The lowest BCUT2D eigenvalue weighted by molar-refractivity contribution is -0.383. The number of ether oxygens (including phenoxy) is 2. The first-order valence-corrected chi connectivity index (χ1v) is 8.57. The predicted octanol–water partition coefficient (Wildman–Crippen LogP) is 4.27. The van der Waals surface area contributed by atoms with Crippen LogP contribution >= 0.6 is 0 Å². The Hall–Kier alpha value is -3.61. The summed E-state index contributed by atoms with van der Waals surface area (Å²) in [4.78, 5) is 23.3. The number of carbonyl (C=O) groups is 1. The highest BCUT2D eigenvalue weighted by Crippen LogP contribution is 2.40. The lowest BCUT2D eigenvalue weighted by Crippen LogP contribution is -2.28. The molecule has 0 atom stereocenters. The summed E-state index contributed by atoms with van der Waals surface area (Å²) in [6, 6.07) is 7.72. The van der Waals surface area contributed by atoms with Crippen molar-refractivity contribution in [1.82, 2.24) is 0 Å². The number of rotatable bonds is 5. The summed E-state index contributed by atoms with van der Waals surface area (Å²) in [6.45, 7) is 3.78. The van der Waals surface area contributed by atoms with Crippen molar-refractivity contribution in [2.24, 2.45) is 0 Å². The number of hydrogen-bond donors (Lipinski definition) is 1. The number of methoxy groups -OCH3 is 1. The molecular formula is C21H20N2O5. The normalized spacial score (nSPS) is 14.4. The Labute approximate surface area is 162 Å². The number of ketones is 1. The molecule has 2 N–H and O–H groups in total. The van der Waals surface area contributed by atoms with Crippen molar-refractivity contribution in [3.05, 3.63) is 69.3 Å². The van der Waals surface area contributed by atoms with Crippen LogP contribution in [0.2, 0.25) is 0 Å². The first kappa shape index (κ1) is 19.2. The zero-order chi connectivity index (χ0) is 20.5. The van der Waals surface area contributed by atoms with Crippen LogP contribution in [0.25, 0.3) is 12.2 Å². The van der Waals surface area contributed by atoms with E-state index < -0.39 is 10.5 Å². The molecule has 144 valence electrons. The lowest BCUT2D eigenvalue weighted by Gasteiger charge is -2.29. The smallest absolute Gasteiger partial charge is 0.292 e. The Balaban J connectivity index is 1.96. The summed E-state index contributed by atoms with van der Waals surface area (Å²) in [5.74, 6) is 0.769. The van der Waals surface area contributed by atoms with Gasteiger partial charge < -0.3 is 15.2 Å². The number of allylic oxidation sites excluding steroid dienone is 1. The van der Waals surface area contributed by atoms with Gasteiger partial charge in [0.2, 0.25) is 0 Å². The Morgan fingerprint density at radius 2 is 2.04 bits per heavy atom. The first-order valence-electron chi connectivity index (χ1n) is 8.57. The van der Waals surface area contributed by atoms with Crippen molar-refractivity contribution in [1.29, 1.82) is 0 Å².